The minimum absolute atomic E-state index is 0.157. The molecule has 0 N–H and O–H groups in total. The Kier molecular flexibility index (Phi) is 7.72. The molecular formula is C25H23F6NO. The second-order valence-electron chi connectivity index (χ2n) is 8.18. The van der Waals surface area contributed by atoms with Gasteiger partial charge in [0.05, 0.1) is 0 Å². The van der Waals surface area contributed by atoms with Crippen molar-refractivity contribution in [1.82, 2.24) is 0 Å². The summed E-state index contributed by atoms with van der Waals surface area (Å²) < 4.78 is 90.0. The molecule has 0 amide bonds. The van der Waals surface area contributed by atoms with E-state index in [2.05, 4.69) is 23.8 Å². The zero-order valence-corrected chi connectivity index (χ0v) is 18.0. The molecule has 1 fully saturated rings. The standard InChI is InChI=1S/C25H23F6NO/c1-2-3-4-5-15-6-8-16(9-7-15)17-10-22(28)24(23(29)11-17)25(30,31)33-18-12-20(26)19(14-32)21(27)13-18/h4-5,10-13,15-16H,2-3,6-9H2,1H3/t15-,16-. The Morgan fingerprint density at radius 1 is 0.970 bits per heavy atom. The Balaban J connectivity index is 1.78. The molecule has 0 aromatic heterocycles. The molecule has 0 heterocycles. The Labute approximate surface area is 188 Å². The molecular weight excluding hydrogens is 444 g/mol. The van der Waals surface area contributed by atoms with Crippen LogP contribution in [0.1, 0.15) is 68.1 Å². The molecule has 0 radical (unpaired) electrons. The molecule has 0 atom stereocenters. The maximum Gasteiger partial charge on any atom is 0.432 e. The first kappa shape index (κ1) is 24.7. The van der Waals surface area contributed by atoms with Crippen LogP contribution in [0.2, 0.25) is 0 Å². The van der Waals surface area contributed by atoms with Gasteiger partial charge in [-0.1, -0.05) is 25.5 Å². The van der Waals surface area contributed by atoms with E-state index < -0.39 is 46.3 Å². The minimum Gasteiger partial charge on any atom is -0.429 e. The number of hydrogen-bond donors (Lipinski definition) is 0. The molecule has 1 saturated carbocycles. The molecule has 0 bridgehead atoms. The Hall–Kier alpha value is -2.95. The first-order valence-electron chi connectivity index (χ1n) is 10.8. The van der Waals surface area contributed by atoms with E-state index in [1.165, 1.54) is 6.07 Å². The van der Waals surface area contributed by atoms with Gasteiger partial charge in [0.25, 0.3) is 0 Å². The number of rotatable bonds is 7. The van der Waals surface area contributed by atoms with Gasteiger partial charge in [-0.2, -0.15) is 14.0 Å². The number of unbranched alkanes of at least 4 members (excludes halogenated alkanes) is 1. The normalized spacial score (nSPS) is 19.0. The van der Waals surface area contributed by atoms with Crippen molar-refractivity contribution in [3.05, 3.63) is 76.4 Å². The molecule has 2 nitrogen and oxygen atoms in total. The van der Waals surface area contributed by atoms with Crippen molar-refractivity contribution in [3.8, 4) is 11.8 Å². The average Bonchev–Trinajstić information content (AvgIpc) is 2.73. The van der Waals surface area contributed by atoms with E-state index in [0.717, 1.165) is 37.8 Å². The van der Waals surface area contributed by atoms with Crippen LogP contribution >= 0.6 is 0 Å². The Bertz CT molecular complexity index is 1020. The number of nitriles is 1. The van der Waals surface area contributed by atoms with Crippen molar-refractivity contribution in [3.63, 3.8) is 0 Å². The molecule has 1 aliphatic carbocycles. The first-order chi connectivity index (χ1) is 15.7. The summed E-state index contributed by atoms with van der Waals surface area (Å²) in [6.07, 6.45) is 4.84. The van der Waals surface area contributed by atoms with Gasteiger partial charge in [0.15, 0.2) is 0 Å². The number of hydrogen-bond acceptors (Lipinski definition) is 2. The van der Waals surface area contributed by atoms with E-state index in [1.807, 2.05) is 0 Å². The third-order valence-electron chi connectivity index (χ3n) is 5.84. The second kappa shape index (κ2) is 10.3. The molecule has 1 aliphatic rings. The lowest BCUT2D eigenvalue weighted by molar-refractivity contribution is -0.189. The van der Waals surface area contributed by atoms with Gasteiger partial charge in [-0.15, -0.1) is 0 Å². The fourth-order valence-electron chi connectivity index (χ4n) is 4.12. The molecule has 2 aromatic rings. The number of ether oxygens (including phenoxy) is 1. The number of alkyl halides is 2. The molecule has 33 heavy (non-hydrogen) atoms. The summed E-state index contributed by atoms with van der Waals surface area (Å²) in [6, 6.07) is 3.69. The summed E-state index contributed by atoms with van der Waals surface area (Å²) in [6.45, 7) is 2.09. The minimum atomic E-state index is -4.54. The van der Waals surface area contributed by atoms with Crippen LogP contribution in [0.3, 0.4) is 0 Å². The monoisotopic (exact) mass is 467 g/mol. The molecule has 176 valence electrons. The van der Waals surface area contributed by atoms with Gasteiger partial charge < -0.3 is 4.74 Å². The fraction of sp³-hybridized carbons (Fsp3) is 0.400. The average molecular weight is 467 g/mol. The van der Waals surface area contributed by atoms with E-state index >= 15 is 0 Å². The second-order valence-corrected chi connectivity index (χ2v) is 8.18. The van der Waals surface area contributed by atoms with Crippen LogP contribution in [0.5, 0.6) is 5.75 Å². The van der Waals surface area contributed by atoms with Crippen LogP contribution in [0.4, 0.5) is 26.3 Å². The van der Waals surface area contributed by atoms with Gasteiger partial charge in [0.1, 0.15) is 46.2 Å². The summed E-state index contributed by atoms with van der Waals surface area (Å²) in [5.74, 6) is -6.64. The van der Waals surface area contributed by atoms with Crippen LogP contribution in [0.25, 0.3) is 0 Å². The van der Waals surface area contributed by atoms with Gasteiger partial charge in [-0.05, 0) is 61.6 Å². The molecule has 0 spiro atoms. The van der Waals surface area contributed by atoms with Crippen molar-refractivity contribution in [2.24, 2.45) is 5.92 Å². The zero-order chi connectivity index (χ0) is 24.2. The molecule has 0 saturated heterocycles. The zero-order valence-electron chi connectivity index (χ0n) is 18.0. The van der Waals surface area contributed by atoms with Crippen molar-refractivity contribution in [2.75, 3.05) is 0 Å². The Morgan fingerprint density at radius 3 is 2.06 bits per heavy atom. The van der Waals surface area contributed by atoms with E-state index in [4.69, 9.17) is 5.26 Å². The maximum atomic E-state index is 14.6. The predicted octanol–water partition coefficient (Wildman–Crippen LogP) is 7.87. The molecule has 8 heteroatoms. The van der Waals surface area contributed by atoms with E-state index in [1.54, 1.807) is 0 Å². The third-order valence-corrected chi connectivity index (χ3v) is 5.84. The fourth-order valence-corrected chi connectivity index (χ4v) is 4.12. The number of allylic oxidation sites excluding steroid dienone is 2. The van der Waals surface area contributed by atoms with Gasteiger partial charge in [-0.3, -0.25) is 0 Å². The van der Waals surface area contributed by atoms with Gasteiger partial charge in [0.2, 0.25) is 0 Å². The summed E-state index contributed by atoms with van der Waals surface area (Å²) in [5.41, 5.74) is -2.34. The maximum absolute atomic E-state index is 14.6. The highest BCUT2D eigenvalue weighted by Crippen LogP contribution is 2.40. The van der Waals surface area contributed by atoms with Crippen molar-refractivity contribution in [2.45, 2.75) is 57.5 Å². The molecule has 3 rings (SSSR count). The van der Waals surface area contributed by atoms with Crippen molar-refractivity contribution in [1.29, 1.82) is 5.26 Å². The smallest absolute Gasteiger partial charge is 0.429 e. The Morgan fingerprint density at radius 2 is 1.55 bits per heavy atom. The summed E-state index contributed by atoms with van der Waals surface area (Å²) >= 11 is 0. The van der Waals surface area contributed by atoms with Crippen LogP contribution < -0.4 is 4.74 Å². The van der Waals surface area contributed by atoms with E-state index in [9.17, 15) is 26.3 Å². The molecule has 0 unspecified atom stereocenters. The predicted molar refractivity (Wildman–Crippen MR) is 111 cm³/mol. The quantitative estimate of drug-likeness (QED) is 0.307. The lowest BCUT2D eigenvalue weighted by Gasteiger charge is -2.28. The topological polar surface area (TPSA) is 33.0 Å². The third kappa shape index (κ3) is 5.70. The highest BCUT2D eigenvalue weighted by atomic mass is 19.3. The number of benzene rings is 2. The SMILES string of the molecule is CCCC=C[C@H]1CC[C@H](c2cc(F)c(C(F)(F)Oc3cc(F)c(C#N)c(F)c3)c(F)c2)CC1. The van der Waals surface area contributed by atoms with Gasteiger partial charge >= 0.3 is 6.11 Å². The number of nitrogens with zero attached hydrogens (tertiary/aromatic N) is 1. The van der Waals surface area contributed by atoms with Crippen LogP contribution in [0, 0.1) is 40.5 Å². The lowest BCUT2D eigenvalue weighted by atomic mass is 9.78. The van der Waals surface area contributed by atoms with E-state index in [-0.39, 0.29) is 11.5 Å². The number of halogens is 6. The van der Waals surface area contributed by atoms with E-state index in [0.29, 0.717) is 30.9 Å². The van der Waals surface area contributed by atoms with Crippen LogP contribution in [-0.4, -0.2) is 0 Å². The summed E-state index contributed by atoms with van der Waals surface area (Å²) in [4.78, 5) is 0. The summed E-state index contributed by atoms with van der Waals surface area (Å²) in [7, 11) is 0. The van der Waals surface area contributed by atoms with Crippen LogP contribution in [-0.2, 0) is 6.11 Å². The summed E-state index contributed by atoms with van der Waals surface area (Å²) in [5, 5.41) is 8.65. The molecule has 0 aliphatic heterocycles. The lowest BCUT2D eigenvalue weighted by Crippen LogP contribution is -2.26. The largest absolute Gasteiger partial charge is 0.432 e. The highest BCUT2D eigenvalue weighted by Gasteiger charge is 2.42. The highest BCUT2D eigenvalue weighted by molar-refractivity contribution is 5.39. The van der Waals surface area contributed by atoms with Crippen molar-refractivity contribution < 1.29 is 31.1 Å². The van der Waals surface area contributed by atoms with Crippen LogP contribution in [0.15, 0.2) is 36.4 Å². The van der Waals surface area contributed by atoms with Gasteiger partial charge in [0, 0.05) is 12.1 Å². The van der Waals surface area contributed by atoms with Gasteiger partial charge in [-0.25, -0.2) is 17.6 Å². The first-order valence-corrected chi connectivity index (χ1v) is 10.8. The van der Waals surface area contributed by atoms with Crippen molar-refractivity contribution >= 4 is 0 Å². The molecule has 2 aromatic carbocycles.